The van der Waals surface area contributed by atoms with Gasteiger partial charge in [0.25, 0.3) is 0 Å². The minimum absolute atomic E-state index is 0.826. The van der Waals surface area contributed by atoms with E-state index < -0.39 is 20.8 Å². The minimum atomic E-state index is -0.826. The van der Waals surface area contributed by atoms with E-state index in [0.717, 1.165) is 11.8 Å². The summed E-state index contributed by atoms with van der Waals surface area (Å²) in [5.41, 5.74) is 3.16. The summed E-state index contributed by atoms with van der Waals surface area (Å²) in [6.45, 7) is 4.09. The summed E-state index contributed by atoms with van der Waals surface area (Å²) in [6, 6.07) is 0. The van der Waals surface area contributed by atoms with E-state index in [-0.39, 0.29) is 0 Å². The number of hydrogen-bond donors (Lipinski definition) is 0. The van der Waals surface area contributed by atoms with Gasteiger partial charge in [0, 0.05) is 0 Å². The van der Waals surface area contributed by atoms with Gasteiger partial charge in [0.15, 0.2) is 0 Å². The van der Waals surface area contributed by atoms with Crippen LogP contribution < -0.4 is 0 Å². The molecule has 4 rings (SSSR count). The normalized spacial score (nSPS) is 23.8. The fourth-order valence-corrected chi connectivity index (χ4v) is 3.33. The van der Waals surface area contributed by atoms with Crippen LogP contribution in [0.1, 0.15) is 52.4 Å². The average Bonchev–Trinajstić information content (AvgIpc) is 3.24. The standard InChI is InChI=1S/2C9H11.C3H7Si.2ClH.Zr/c2*1-2-5-9-7-3-6-8(9)4-1;1-3(2)4;;;/h2*1-2,4,6,9H,3,5,7H2;4H,1-2H3;2*1H;/q2*-1;;;;+4/p-2. The third-order valence-electron chi connectivity index (χ3n) is 4.42. The van der Waals surface area contributed by atoms with Crippen molar-refractivity contribution >= 4 is 32.0 Å². The molecule has 2 unspecified atom stereocenters. The first kappa shape index (κ1) is 23.3. The van der Waals surface area contributed by atoms with E-state index in [1.165, 1.54) is 43.7 Å². The van der Waals surface area contributed by atoms with Crippen LogP contribution in [0.2, 0.25) is 0 Å². The number of allylic oxidation sites excluding steroid dienone is 8. The summed E-state index contributed by atoms with van der Waals surface area (Å²) in [7, 11) is 12.4. The zero-order valence-corrected chi connectivity index (χ0v) is 20.5. The summed E-state index contributed by atoms with van der Waals surface area (Å²) in [5, 5.41) is 1.33. The van der Waals surface area contributed by atoms with E-state index >= 15 is 0 Å². The summed E-state index contributed by atoms with van der Waals surface area (Å²) in [6.07, 6.45) is 26.1. The molecule has 2 atom stereocenters. The number of rotatable bonds is 0. The third kappa shape index (κ3) is 10.2. The third-order valence-corrected chi connectivity index (χ3v) is 4.42. The van der Waals surface area contributed by atoms with Gasteiger partial charge in [0.1, 0.15) is 0 Å². The van der Waals surface area contributed by atoms with Gasteiger partial charge in [-0.15, -0.1) is 37.1 Å². The van der Waals surface area contributed by atoms with Crippen LogP contribution in [0.4, 0.5) is 0 Å². The van der Waals surface area contributed by atoms with Crippen LogP contribution in [-0.4, -0.2) is 15.0 Å². The molecule has 0 aromatic heterocycles. The fourth-order valence-electron chi connectivity index (χ4n) is 3.33. The van der Waals surface area contributed by atoms with Crippen LogP contribution in [0, 0.1) is 24.7 Å². The molecule has 0 aromatic carbocycles. The molecule has 0 aromatic rings. The Bertz CT molecular complexity index is 476. The quantitative estimate of drug-likeness (QED) is 0.281. The first-order valence-electron chi connectivity index (χ1n) is 9.00. The van der Waals surface area contributed by atoms with Gasteiger partial charge in [-0.2, -0.15) is 0 Å². The van der Waals surface area contributed by atoms with E-state index in [0.29, 0.717) is 0 Å². The van der Waals surface area contributed by atoms with E-state index in [1.807, 2.05) is 13.8 Å². The maximum absolute atomic E-state index is 4.93. The van der Waals surface area contributed by atoms with Crippen molar-refractivity contribution in [3.8, 4) is 0 Å². The second-order valence-corrected chi connectivity index (χ2v) is 11.7. The fraction of sp³-hybridized carbons (Fsp3) is 0.476. The second kappa shape index (κ2) is 14.3. The molecule has 0 amide bonds. The van der Waals surface area contributed by atoms with Gasteiger partial charge in [0.05, 0.1) is 0 Å². The van der Waals surface area contributed by atoms with Gasteiger partial charge in [-0.05, 0) is 48.4 Å². The van der Waals surface area contributed by atoms with Crippen molar-refractivity contribution in [3.63, 3.8) is 0 Å². The van der Waals surface area contributed by atoms with Crippen LogP contribution in [0.25, 0.3) is 0 Å². The SMILES string of the molecule is C1=CCC2CC[CH-]C2=C1.C1=CCC2CC[CH-]C2=C1.CC(C)=[SiH].[Cl][Zr+2][Cl]. The molecule has 0 spiro atoms. The van der Waals surface area contributed by atoms with Crippen molar-refractivity contribution in [1.29, 1.82) is 0 Å². The Kier molecular flexibility index (Phi) is 13.3. The molecule has 0 nitrogen and oxygen atoms in total. The summed E-state index contributed by atoms with van der Waals surface area (Å²) in [4.78, 5) is 0. The molecule has 4 aliphatic carbocycles. The van der Waals surface area contributed by atoms with Crippen molar-refractivity contribution in [2.75, 3.05) is 0 Å². The molecule has 4 heteroatoms. The molecule has 0 bridgehead atoms. The van der Waals surface area contributed by atoms with Gasteiger partial charge in [0.2, 0.25) is 0 Å². The van der Waals surface area contributed by atoms with Gasteiger partial charge in [-0.25, -0.2) is 36.1 Å². The summed E-state index contributed by atoms with van der Waals surface area (Å²) < 4.78 is 0. The molecule has 4 aliphatic rings. The number of halogens is 2. The van der Waals surface area contributed by atoms with E-state index in [4.69, 9.17) is 17.0 Å². The topological polar surface area (TPSA) is 0 Å². The zero-order valence-electron chi connectivity index (χ0n) is 15.3. The molecule has 2 saturated carbocycles. The molecular weight excluding hydrogens is 442 g/mol. The molecule has 25 heavy (non-hydrogen) atoms. The van der Waals surface area contributed by atoms with Crippen LogP contribution >= 0.6 is 17.0 Å². The Morgan fingerprint density at radius 2 is 1.32 bits per heavy atom. The monoisotopic (exact) mass is 469 g/mol. The Balaban J connectivity index is 0.000000185. The second-order valence-electron chi connectivity index (χ2n) is 6.77. The summed E-state index contributed by atoms with van der Waals surface area (Å²) in [5.74, 6) is 1.77. The molecule has 1 radical (unpaired) electrons. The Morgan fingerprint density at radius 1 is 0.960 bits per heavy atom. The van der Waals surface area contributed by atoms with Crippen LogP contribution in [-0.2, 0) is 20.8 Å². The molecule has 0 N–H and O–H groups in total. The first-order chi connectivity index (χ1) is 12.1. The maximum atomic E-state index is 4.93. The van der Waals surface area contributed by atoms with Gasteiger partial charge in [-0.1, -0.05) is 18.0 Å². The molecular formula is C21H29Cl2SiZr. The van der Waals surface area contributed by atoms with Gasteiger partial charge >= 0.3 is 37.9 Å². The van der Waals surface area contributed by atoms with Crippen molar-refractivity contribution in [2.45, 2.75) is 52.4 Å². The Hall–Kier alpha value is 0.250. The van der Waals surface area contributed by atoms with E-state index in [2.05, 4.69) is 59.2 Å². The Morgan fingerprint density at radius 3 is 1.64 bits per heavy atom. The molecule has 135 valence electrons. The Labute approximate surface area is 176 Å². The first-order valence-corrected chi connectivity index (χ1v) is 15.9. The van der Waals surface area contributed by atoms with E-state index in [9.17, 15) is 0 Å². The molecule has 0 heterocycles. The van der Waals surface area contributed by atoms with Crippen molar-refractivity contribution in [1.82, 2.24) is 0 Å². The van der Waals surface area contributed by atoms with Crippen molar-refractivity contribution in [2.24, 2.45) is 11.8 Å². The zero-order chi connectivity index (χ0) is 18.5. The van der Waals surface area contributed by atoms with Gasteiger partial charge < -0.3 is 0 Å². The average molecular weight is 472 g/mol. The molecule has 0 aliphatic heterocycles. The van der Waals surface area contributed by atoms with Crippen LogP contribution in [0.3, 0.4) is 0 Å². The van der Waals surface area contributed by atoms with Gasteiger partial charge in [-0.3, -0.25) is 0 Å². The number of fused-ring (bicyclic) bond motifs is 2. The van der Waals surface area contributed by atoms with Crippen molar-refractivity contribution in [3.05, 3.63) is 60.4 Å². The summed E-state index contributed by atoms with van der Waals surface area (Å²) >= 11 is -0.826. The molecule has 0 saturated heterocycles. The van der Waals surface area contributed by atoms with Crippen LogP contribution in [0.15, 0.2) is 47.6 Å². The number of hydrogen-bond acceptors (Lipinski definition) is 0. The predicted octanol–water partition coefficient (Wildman–Crippen LogP) is 6.45. The molecule has 2 fully saturated rings. The van der Waals surface area contributed by atoms with Crippen LogP contribution in [0.5, 0.6) is 0 Å². The van der Waals surface area contributed by atoms with Crippen molar-refractivity contribution < 1.29 is 20.8 Å². The predicted molar refractivity (Wildman–Crippen MR) is 113 cm³/mol. The van der Waals surface area contributed by atoms with E-state index in [1.54, 1.807) is 11.1 Å².